The molecule has 0 aromatic carbocycles. The Hall–Kier alpha value is -3.07. The molecule has 0 unspecified atom stereocenters. The quantitative estimate of drug-likeness (QED) is 0.660. The molecular weight excluding hydrogens is 394 g/mol. The Balaban J connectivity index is 1.56. The van der Waals surface area contributed by atoms with Gasteiger partial charge in [0, 0.05) is 31.7 Å². The molecule has 3 aromatic rings. The highest BCUT2D eigenvalue weighted by Crippen LogP contribution is 2.26. The Labute approximate surface area is 172 Å². The van der Waals surface area contributed by atoms with Crippen molar-refractivity contribution in [1.29, 1.82) is 0 Å². The predicted octanol–water partition coefficient (Wildman–Crippen LogP) is 3.90. The van der Waals surface area contributed by atoms with E-state index in [-0.39, 0.29) is 5.69 Å². The summed E-state index contributed by atoms with van der Waals surface area (Å²) in [5, 5.41) is 2.69. The minimum atomic E-state index is -2.74. The summed E-state index contributed by atoms with van der Waals surface area (Å²) < 4.78 is 38.4. The molecule has 9 heteroatoms. The van der Waals surface area contributed by atoms with Crippen molar-refractivity contribution in [2.24, 2.45) is 5.92 Å². The van der Waals surface area contributed by atoms with Gasteiger partial charge in [0.15, 0.2) is 11.4 Å². The lowest BCUT2D eigenvalue weighted by Gasteiger charge is -2.20. The minimum absolute atomic E-state index is 0.0855. The van der Waals surface area contributed by atoms with Gasteiger partial charge in [0.1, 0.15) is 11.4 Å². The number of anilines is 1. The van der Waals surface area contributed by atoms with Crippen LogP contribution in [0.25, 0.3) is 5.65 Å². The Morgan fingerprint density at radius 1 is 1.30 bits per heavy atom. The van der Waals surface area contributed by atoms with Gasteiger partial charge in [0.25, 0.3) is 12.3 Å². The van der Waals surface area contributed by atoms with Crippen LogP contribution in [0.15, 0.2) is 36.7 Å². The van der Waals surface area contributed by atoms with Crippen LogP contribution in [-0.4, -0.2) is 40.6 Å². The summed E-state index contributed by atoms with van der Waals surface area (Å²) >= 11 is 0. The number of nitrogens with zero attached hydrogens (tertiary/aromatic N) is 3. The molecule has 7 nitrogen and oxygen atoms in total. The molecule has 1 amide bonds. The fraction of sp³-hybridized carbons (Fsp3) is 0.381. The highest BCUT2D eigenvalue weighted by atomic mass is 19.3. The Bertz CT molecular complexity index is 1050. The van der Waals surface area contributed by atoms with Crippen LogP contribution in [0.1, 0.15) is 41.1 Å². The number of aromatic nitrogens is 3. The van der Waals surface area contributed by atoms with E-state index >= 15 is 0 Å². The van der Waals surface area contributed by atoms with Gasteiger partial charge in [-0.05, 0) is 37.3 Å². The number of fused-ring (bicyclic) bond motifs is 1. The van der Waals surface area contributed by atoms with Crippen molar-refractivity contribution in [3.05, 3.63) is 53.7 Å². The molecule has 0 radical (unpaired) electrons. The van der Waals surface area contributed by atoms with Crippen LogP contribution in [0, 0.1) is 5.92 Å². The van der Waals surface area contributed by atoms with E-state index in [9.17, 15) is 13.6 Å². The molecule has 4 heterocycles. The van der Waals surface area contributed by atoms with Gasteiger partial charge in [-0.15, -0.1) is 0 Å². The zero-order valence-electron chi connectivity index (χ0n) is 16.5. The number of carbonyl (C=O) groups excluding carboxylic acids is 1. The van der Waals surface area contributed by atoms with Crippen molar-refractivity contribution >= 4 is 17.2 Å². The van der Waals surface area contributed by atoms with Crippen molar-refractivity contribution < 1.29 is 23.0 Å². The van der Waals surface area contributed by atoms with Gasteiger partial charge in [-0.25, -0.2) is 18.7 Å². The summed E-state index contributed by atoms with van der Waals surface area (Å²) in [5.41, 5.74) is 1.51. The fourth-order valence-corrected chi connectivity index (χ4v) is 3.58. The standard InChI is InChI=1S/C21H22F2N4O3/c1-29-18-10-15(25-21(28)17-4-2-3-16(26-17)19(22)23)12-27-11-14(24-20(18)27)9-13-5-7-30-8-6-13/h2-4,10-13,19H,5-9H2,1H3,(H,25,28). The zero-order chi connectivity index (χ0) is 21.1. The van der Waals surface area contributed by atoms with Gasteiger partial charge in [0.05, 0.1) is 18.5 Å². The van der Waals surface area contributed by atoms with Crippen molar-refractivity contribution in [2.45, 2.75) is 25.7 Å². The van der Waals surface area contributed by atoms with Crippen LogP contribution < -0.4 is 10.1 Å². The number of methoxy groups -OCH3 is 1. The SMILES string of the molecule is COc1cc(NC(=O)c2cccc(C(F)F)n2)cn2cc(CC3CCOCC3)nc12. The average molecular weight is 416 g/mol. The van der Waals surface area contributed by atoms with E-state index in [0.29, 0.717) is 23.0 Å². The molecule has 1 fully saturated rings. The van der Waals surface area contributed by atoms with Crippen LogP contribution in [0.4, 0.5) is 14.5 Å². The monoisotopic (exact) mass is 416 g/mol. The Morgan fingerprint density at radius 2 is 2.10 bits per heavy atom. The number of amides is 1. The number of ether oxygens (including phenoxy) is 2. The lowest BCUT2D eigenvalue weighted by molar-refractivity contribution is 0.0663. The van der Waals surface area contributed by atoms with Crippen LogP contribution in [0.3, 0.4) is 0 Å². The number of hydrogen-bond donors (Lipinski definition) is 1. The number of alkyl halides is 2. The summed E-state index contributed by atoms with van der Waals surface area (Å²) in [6.45, 7) is 1.55. The summed E-state index contributed by atoms with van der Waals surface area (Å²) in [4.78, 5) is 20.9. The first kappa shape index (κ1) is 20.2. The number of carbonyl (C=O) groups is 1. The molecule has 1 N–H and O–H groups in total. The highest BCUT2D eigenvalue weighted by Gasteiger charge is 2.18. The van der Waals surface area contributed by atoms with Crippen LogP contribution in [0.5, 0.6) is 5.75 Å². The van der Waals surface area contributed by atoms with Gasteiger partial charge in [0.2, 0.25) is 0 Å². The average Bonchev–Trinajstić information content (AvgIpc) is 3.16. The van der Waals surface area contributed by atoms with E-state index in [1.165, 1.54) is 25.3 Å². The van der Waals surface area contributed by atoms with Gasteiger partial charge in [-0.2, -0.15) is 0 Å². The van der Waals surface area contributed by atoms with Gasteiger partial charge >= 0.3 is 0 Å². The second kappa shape index (κ2) is 8.74. The van der Waals surface area contributed by atoms with E-state index in [1.807, 2.05) is 6.20 Å². The molecule has 1 aliphatic heterocycles. The van der Waals surface area contributed by atoms with Crippen LogP contribution >= 0.6 is 0 Å². The van der Waals surface area contributed by atoms with Gasteiger partial charge < -0.3 is 19.2 Å². The first-order valence-corrected chi connectivity index (χ1v) is 9.73. The maximum Gasteiger partial charge on any atom is 0.280 e. The topological polar surface area (TPSA) is 77.8 Å². The number of imidazole rings is 1. The molecule has 0 atom stereocenters. The second-order valence-corrected chi connectivity index (χ2v) is 7.22. The zero-order valence-corrected chi connectivity index (χ0v) is 16.5. The molecule has 3 aromatic heterocycles. The first-order chi connectivity index (χ1) is 14.5. The summed E-state index contributed by atoms with van der Waals surface area (Å²) in [5.74, 6) is 0.448. The van der Waals surface area contributed by atoms with E-state index in [1.54, 1.807) is 16.7 Å². The van der Waals surface area contributed by atoms with Crippen molar-refractivity contribution in [2.75, 3.05) is 25.6 Å². The van der Waals surface area contributed by atoms with E-state index in [2.05, 4.69) is 15.3 Å². The number of hydrogen-bond acceptors (Lipinski definition) is 5. The van der Waals surface area contributed by atoms with Crippen LogP contribution in [-0.2, 0) is 11.2 Å². The van der Waals surface area contributed by atoms with Crippen molar-refractivity contribution in [3.63, 3.8) is 0 Å². The summed E-state index contributed by atoms with van der Waals surface area (Å²) in [6, 6.07) is 5.60. The molecule has 4 rings (SSSR count). The first-order valence-electron chi connectivity index (χ1n) is 9.73. The third-order valence-corrected chi connectivity index (χ3v) is 5.11. The van der Waals surface area contributed by atoms with Gasteiger partial charge in [-0.3, -0.25) is 4.79 Å². The van der Waals surface area contributed by atoms with Crippen molar-refractivity contribution in [3.8, 4) is 5.75 Å². The third kappa shape index (κ3) is 4.40. The minimum Gasteiger partial charge on any atom is -0.493 e. The second-order valence-electron chi connectivity index (χ2n) is 7.22. The third-order valence-electron chi connectivity index (χ3n) is 5.11. The Kier molecular flexibility index (Phi) is 5.89. The maximum absolute atomic E-state index is 12.9. The maximum atomic E-state index is 12.9. The summed E-state index contributed by atoms with van der Waals surface area (Å²) in [6.07, 6.45) is 3.76. The van der Waals surface area contributed by atoms with Crippen LogP contribution in [0.2, 0.25) is 0 Å². The molecule has 30 heavy (non-hydrogen) atoms. The molecule has 0 saturated carbocycles. The molecular formula is C21H22F2N4O3. The number of rotatable bonds is 6. The lowest BCUT2D eigenvalue weighted by Crippen LogP contribution is -2.17. The predicted molar refractivity (Wildman–Crippen MR) is 106 cm³/mol. The largest absolute Gasteiger partial charge is 0.493 e. The highest BCUT2D eigenvalue weighted by molar-refractivity contribution is 6.03. The lowest BCUT2D eigenvalue weighted by atomic mass is 9.95. The molecule has 0 spiro atoms. The molecule has 1 saturated heterocycles. The van der Waals surface area contributed by atoms with E-state index < -0.39 is 18.0 Å². The number of nitrogens with one attached hydrogen (secondary N) is 1. The van der Waals surface area contributed by atoms with Crippen molar-refractivity contribution in [1.82, 2.24) is 14.4 Å². The molecule has 1 aliphatic rings. The normalized spacial score (nSPS) is 14.9. The Morgan fingerprint density at radius 3 is 2.83 bits per heavy atom. The van der Waals surface area contributed by atoms with E-state index in [0.717, 1.165) is 38.2 Å². The van der Waals surface area contributed by atoms with E-state index in [4.69, 9.17) is 9.47 Å². The number of pyridine rings is 2. The molecule has 158 valence electrons. The fourth-order valence-electron chi connectivity index (χ4n) is 3.58. The molecule has 0 bridgehead atoms. The molecule has 0 aliphatic carbocycles. The summed E-state index contributed by atoms with van der Waals surface area (Å²) in [7, 11) is 1.53. The van der Waals surface area contributed by atoms with Gasteiger partial charge in [-0.1, -0.05) is 6.07 Å². The number of halogens is 2. The smallest absolute Gasteiger partial charge is 0.280 e.